The van der Waals surface area contributed by atoms with Gasteiger partial charge in [0.2, 0.25) is 5.76 Å². The lowest BCUT2D eigenvalue weighted by Crippen LogP contribution is -2.15. The molecule has 0 radical (unpaired) electrons. The Morgan fingerprint density at radius 2 is 2.08 bits per heavy atom. The van der Waals surface area contributed by atoms with Crippen LogP contribution in [0.5, 0.6) is 0 Å². The molecule has 0 amide bonds. The molecule has 0 bridgehead atoms. The predicted octanol–water partition coefficient (Wildman–Crippen LogP) is 2.17. The lowest BCUT2D eigenvalue weighted by Gasteiger charge is -2.08. The highest BCUT2D eigenvalue weighted by molar-refractivity contribution is 6.81. The fourth-order valence-corrected chi connectivity index (χ4v) is 1.24. The van der Waals surface area contributed by atoms with Crippen LogP contribution in [0.15, 0.2) is 17.5 Å². The van der Waals surface area contributed by atoms with Crippen molar-refractivity contribution < 1.29 is 9.53 Å². The van der Waals surface area contributed by atoms with Gasteiger partial charge in [-0.15, -0.1) is 0 Å². The Hall–Kier alpha value is -0.793. The van der Waals surface area contributed by atoms with Crippen LogP contribution in [0.2, 0.25) is 19.6 Å². The second-order valence-corrected chi connectivity index (χ2v) is 8.66. The summed E-state index contributed by atoms with van der Waals surface area (Å²) in [6, 6.07) is 0. The third-order valence-corrected chi connectivity index (χ3v) is 2.30. The SMILES string of the molecule is CCOC(=C=O)/C=C/[Si](C)(C)C. The zero-order chi connectivity index (χ0) is 9.61. The topological polar surface area (TPSA) is 26.3 Å². The third-order valence-electron chi connectivity index (χ3n) is 1.14. The van der Waals surface area contributed by atoms with Gasteiger partial charge in [0.05, 0.1) is 14.7 Å². The highest BCUT2D eigenvalue weighted by Crippen LogP contribution is 2.04. The Balaban J connectivity index is 4.22. The van der Waals surface area contributed by atoms with E-state index < -0.39 is 8.07 Å². The Morgan fingerprint density at radius 1 is 1.50 bits per heavy atom. The average Bonchev–Trinajstić information content (AvgIpc) is 1.96. The maximum atomic E-state index is 10.3. The zero-order valence-corrected chi connectivity index (χ0v) is 9.18. The van der Waals surface area contributed by atoms with Crippen LogP contribution in [0.1, 0.15) is 6.92 Å². The standard InChI is InChI=1S/C9H16O2Si/c1-5-11-9(8-10)6-7-12(2,3)4/h6-7H,5H2,1-4H3/b7-6+. The predicted molar refractivity (Wildman–Crippen MR) is 53.3 cm³/mol. The normalized spacial score (nSPS) is 11.3. The Morgan fingerprint density at radius 3 is 2.42 bits per heavy atom. The molecule has 0 N–H and O–H groups in total. The van der Waals surface area contributed by atoms with Gasteiger partial charge >= 0.3 is 0 Å². The largest absolute Gasteiger partial charge is 0.484 e. The maximum Gasteiger partial charge on any atom is 0.202 e. The molecule has 2 nitrogen and oxygen atoms in total. The van der Waals surface area contributed by atoms with Gasteiger partial charge in [-0.1, -0.05) is 25.3 Å². The van der Waals surface area contributed by atoms with E-state index in [-0.39, 0.29) is 0 Å². The van der Waals surface area contributed by atoms with E-state index in [0.29, 0.717) is 12.4 Å². The molecule has 0 saturated heterocycles. The summed E-state index contributed by atoms with van der Waals surface area (Å²) in [5, 5.41) is 0. The number of carbonyl (C=O) groups excluding carboxylic acids is 1. The number of allylic oxidation sites excluding steroid dienone is 1. The van der Waals surface area contributed by atoms with Gasteiger partial charge in [0.1, 0.15) is 0 Å². The second kappa shape index (κ2) is 4.96. The molecule has 0 atom stereocenters. The first kappa shape index (κ1) is 11.2. The highest BCUT2D eigenvalue weighted by Gasteiger charge is 2.07. The minimum atomic E-state index is -1.23. The highest BCUT2D eigenvalue weighted by atomic mass is 28.3. The van der Waals surface area contributed by atoms with E-state index >= 15 is 0 Å². The summed E-state index contributed by atoms with van der Waals surface area (Å²) in [5.41, 5.74) is 2.06. The first-order chi connectivity index (χ1) is 5.49. The smallest absolute Gasteiger partial charge is 0.202 e. The van der Waals surface area contributed by atoms with Gasteiger partial charge in [-0.3, -0.25) is 0 Å². The fourth-order valence-electron chi connectivity index (χ4n) is 0.593. The van der Waals surface area contributed by atoms with Crippen molar-refractivity contribution in [1.29, 1.82) is 0 Å². The molecule has 0 aromatic heterocycles. The number of hydrogen-bond donors (Lipinski definition) is 0. The first-order valence-electron chi connectivity index (χ1n) is 4.06. The summed E-state index contributed by atoms with van der Waals surface area (Å²) in [4.78, 5) is 10.3. The van der Waals surface area contributed by atoms with Crippen LogP contribution >= 0.6 is 0 Å². The van der Waals surface area contributed by atoms with Crippen LogP contribution in [-0.2, 0) is 9.53 Å². The summed E-state index contributed by atoms with van der Waals surface area (Å²) >= 11 is 0. The van der Waals surface area contributed by atoms with Gasteiger partial charge in [-0.05, 0) is 13.0 Å². The van der Waals surface area contributed by atoms with Crippen molar-refractivity contribution in [2.24, 2.45) is 0 Å². The average molecular weight is 184 g/mol. The Bertz CT molecular complexity index is 207. The molecule has 0 aliphatic rings. The molecule has 0 aliphatic heterocycles. The molecular formula is C9H16O2Si. The van der Waals surface area contributed by atoms with Crippen molar-refractivity contribution in [3.05, 3.63) is 17.5 Å². The quantitative estimate of drug-likeness (QED) is 0.290. The molecule has 68 valence electrons. The zero-order valence-electron chi connectivity index (χ0n) is 8.18. The molecule has 0 unspecified atom stereocenters. The van der Waals surface area contributed by atoms with Crippen molar-refractivity contribution in [2.45, 2.75) is 26.6 Å². The lowest BCUT2D eigenvalue weighted by molar-refractivity contribution is 0.245. The van der Waals surface area contributed by atoms with Crippen LogP contribution in [0.4, 0.5) is 0 Å². The summed E-state index contributed by atoms with van der Waals surface area (Å²) < 4.78 is 5.02. The molecule has 0 aromatic rings. The number of rotatable bonds is 4. The fraction of sp³-hybridized carbons (Fsp3) is 0.556. The summed E-state index contributed by atoms with van der Waals surface area (Å²) in [6.07, 6.45) is 1.72. The maximum absolute atomic E-state index is 10.3. The molecule has 12 heavy (non-hydrogen) atoms. The van der Waals surface area contributed by atoms with E-state index in [1.165, 1.54) is 0 Å². The molecule has 0 aliphatic carbocycles. The van der Waals surface area contributed by atoms with Gasteiger partial charge in [0, 0.05) is 0 Å². The summed E-state index contributed by atoms with van der Waals surface area (Å²) in [6.45, 7) is 8.94. The van der Waals surface area contributed by atoms with Crippen LogP contribution in [0.3, 0.4) is 0 Å². The van der Waals surface area contributed by atoms with E-state index in [2.05, 4.69) is 25.3 Å². The van der Waals surface area contributed by atoms with Gasteiger partial charge in [-0.25, -0.2) is 4.79 Å². The minimum Gasteiger partial charge on any atom is -0.484 e. The molecule has 0 aromatic carbocycles. The Labute approximate surface area is 74.9 Å². The Kier molecular flexibility index (Phi) is 4.63. The van der Waals surface area contributed by atoms with Crippen molar-refractivity contribution in [2.75, 3.05) is 6.61 Å². The van der Waals surface area contributed by atoms with E-state index in [4.69, 9.17) is 4.74 Å². The van der Waals surface area contributed by atoms with Crippen molar-refractivity contribution >= 4 is 14.0 Å². The van der Waals surface area contributed by atoms with Gasteiger partial charge in [0.15, 0.2) is 5.94 Å². The minimum absolute atomic E-state index is 0.305. The molecule has 0 saturated carbocycles. The van der Waals surface area contributed by atoms with Crippen LogP contribution in [-0.4, -0.2) is 20.6 Å². The number of hydrogen-bond acceptors (Lipinski definition) is 2. The van der Waals surface area contributed by atoms with Gasteiger partial charge in [-0.2, -0.15) is 0 Å². The van der Waals surface area contributed by atoms with Gasteiger partial charge < -0.3 is 4.74 Å². The molecule has 0 heterocycles. The summed E-state index contributed by atoms with van der Waals surface area (Å²) in [5.74, 6) is 2.06. The number of ether oxygens (including phenoxy) is 1. The molecule has 0 rings (SSSR count). The van der Waals surface area contributed by atoms with E-state index in [9.17, 15) is 4.79 Å². The van der Waals surface area contributed by atoms with Crippen LogP contribution in [0.25, 0.3) is 0 Å². The van der Waals surface area contributed by atoms with Crippen LogP contribution in [0, 0.1) is 0 Å². The van der Waals surface area contributed by atoms with Crippen molar-refractivity contribution in [1.82, 2.24) is 0 Å². The molecule has 0 spiro atoms. The van der Waals surface area contributed by atoms with Crippen LogP contribution < -0.4 is 0 Å². The van der Waals surface area contributed by atoms with E-state index in [0.717, 1.165) is 0 Å². The van der Waals surface area contributed by atoms with Crippen molar-refractivity contribution in [3.63, 3.8) is 0 Å². The van der Waals surface area contributed by atoms with E-state index in [1.54, 1.807) is 12.0 Å². The molecule has 0 fully saturated rings. The second-order valence-electron chi connectivity index (χ2n) is 3.60. The van der Waals surface area contributed by atoms with Crippen molar-refractivity contribution in [3.8, 4) is 0 Å². The monoisotopic (exact) mass is 184 g/mol. The first-order valence-corrected chi connectivity index (χ1v) is 7.64. The summed E-state index contributed by atoms with van der Waals surface area (Å²) in [7, 11) is -1.23. The third kappa shape index (κ3) is 5.95. The molecular weight excluding hydrogens is 168 g/mol. The van der Waals surface area contributed by atoms with Gasteiger partial charge in [0.25, 0.3) is 0 Å². The lowest BCUT2D eigenvalue weighted by atomic mass is 10.5. The van der Waals surface area contributed by atoms with E-state index in [1.807, 2.05) is 6.92 Å². The molecule has 3 heteroatoms.